The van der Waals surface area contributed by atoms with E-state index in [0.29, 0.717) is 34.6 Å². The number of thiophene rings is 1. The highest BCUT2D eigenvalue weighted by molar-refractivity contribution is 7.91. The first-order valence-electron chi connectivity index (χ1n) is 7.54. The van der Waals surface area contributed by atoms with Gasteiger partial charge in [-0.25, -0.2) is 13.4 Å². The summed E-state index contributed by atoms with van der Waals surface area (Å²) in [5.41, 5.74) is 0. The standard InChI is InChI=1S/C15H15Cl2N3O3S2/c16-11-3-5-13(18-8-11)19-15(21)10-2-1-7-20(9-10)25(22,23)14-6-4-12(17)24-14/h3-6,8,10H,1-2,7,9H2,(H,18,19,21)/t10-/m1/s1. The average Bonchev–Trinajstić information content (AvgIpc) is 3.04. The Kier molecular flexibility index (Phi) is 5.65. The van der Waals surface area contributed by atoms with Crippen molar-refractivity contribution in [3.05, 3.63) is 39.8 Å². The number of hydrogen-bond donors (Lipinski definition) is 1. The molecule has 1 aliphatic heterocycles. The van der Waals surface area contributed by atoms with Crippen LogP contribution in [0.3, 0.4) is 0 Å². The molecule has 0 spiro atoms. The zero-order valence-corrected chi connectivity index (χ0v) is 16.1. The van der Waals surface area contributed by atoms with E-state index in [0.717, 1.165) is 11.3 Å². The van der Waals surface area contributed by atoms with E-state index in [1.54, 1.807) is 18.2 Å². The Balaban J connectivity index is 1.70. The van der Waals surface area contributed by atoms with E-state index in [1.165, 1.54) is 16.6 Å². The number of carbonyl (C=O) groups is 1. The Morgan fingerprint density at radius 2 is 2.08 bits per heavy atom. The maximum Gasteiger partial charge on any atom is 0.252 e. The molecule has 0 unspecified atom stereocenters. The second-order valence-electron chi connectivity index (χ2n) is 5.61. The fourth-order valence-electron chi connectivity index (χ4n) is 2.62. The molecule has 10 heteroatoms. The minimum atomic E-state index is -3.63. The van der Waals surface area contributed by atoms with E-state index in [9.17, 15) is 13.2 Å². The Labute approximate surface area is 159 Å². The lowest BCUT2D eigenvalue weighted by atomic mass is 9.99. The van der Waals surface area contributed by atoms with Gasteiger partial charge in [0.05, 0.1) is 15.3 Å². The third kappa shape index (κ3) is 4.32. The van der Waals surface area contributed by atoms with Crippen molar-refractivity contribution in [3.63, 3.8) is 0 Å². The number of rotatable bonds is 4. The first-order chi connectivity index (χ1) is 11.9. The maximum absolute atomic E-state index is 12.7. The summed E-state index contributed by atoms with van der Waals surface area (Å²) in [4.78, 5) is 16.5. The molecular weight excluding hydrogens is 405 g/mol. The van der Waals surface area contributed by atoms with Crippen molar-refractivity contribution in [1.29, 1.82) is 0 Å². The van der Waals surface area contributed by atoms with E-state index >= 15 is 0 Å². The minimum absolute atomic E-state index is 0.136. The summed E-state index contributed by atoms with van der Waals surface area (Å²) in [5, 5.41) is 3.18. The molecule has 1 aliphatic rings. The molecule has 1 saturated heterocycles. The number of nitrogens with one attached hydrogen (secondary N) is 1. The predicted octanol–water partition coefficient (Wildman–Crippen LogP) is 3.49. The van der Waals surface area contributed by atoms with Crippen LogP contribution in [-0.4, -0.2) is 36.7 Å². The van der Waals surface area contributed by atoms with Crippen molar-refractivity contribution in [3.8, 4) is 0 Å². The molecule has 0 saturated carbocycles. The first kappa shape index (κ1) is 18.6. The van der Waals surface area contributed by atoms with Gasteiger partial charge in [-0.15, -0.1) is 11.3 Å². The van der Waals surface area contributed by atoms with Gasteiger partial charge >= 0.3 is 0 Å². The summed E-state index contributed by atoms with van der Waals surface area (Å²) in [5.74, 6) is -0.296. The summed E-state index contributed by atoms with van der Waals surface area (Å²) < 4.78 is 27.3. The van der Waals surface area contributed by atoms with Crippen molar-refractivity contribution in [2.24, 2.45) is 5.92 Å². The highest BCUT2D eigenvalue weighted by atomic mass is 35.5. The van der Waals surface area contributed by atoms with Gasteiger partial charge in [0.15, 0.2) is 0 Å². The van der Waals surface area contributed by atoms with Crippen LogP contribution in [0.5, 0.6) is 0 Å². The highest BCUT2D eigenvalue weighted by Gasteiger charge is 2.34. The van der Waals surface area contributed by atoms with Gasteiger partial charge in [-0.3, -0.25) is 4.79 Å². The van der Waals surface area contributed by atoms with Crippen LogP contribution in [0.2, 0.25) is 9.36 Å². The van der Waals surface area contributed by atoms with Gasteiger partial charge in [-0.1, -0.05) is 23.2 Å². The molecule has 2 aromatic heterocycles. The molecule has 1 amide bonds. The molecule has 25 heavy (non-hydrogen) atoms. The van der Waals surface area contributed by atoms with Gasteiger partial charge in [0.2, 0.25) is 5.91 Å². The molecule has 1 fully saturated rings. The van der Waals surface area contributed by atoms with Gasteiger partial charge < -0.3 is 5.32 Å². The first-order valence-corrected chi connectivity index (χ1v) is 10.6. The average molecular weight is 420 g/mol. The fourth-order valence-corrected chi connectivity index (χ4v) is 5.89. The smallest absolute Gasteiger partial charge is 0.252 e. The molecule has 2 aromatic rings. The number of carbonyl (C=O) groups excluding carboxylic acids is 1. The zero-order chi connectivity index (χ0) is 18.0. The summed E-state index contributed by atoms with van der Waals surface area (Å²) in [6, 6.07) is 6.27. The summed E-state index contributed by atoms with van der Waals surface area (Å²) in [6.45, 7) is 0.526. The lowest BCUT2D eigenvalue weighted by molar-refractivity contribution is -0.120. The minimum Gasteiger partial charge on any atom is -0.310 e. The van der Waals surface area contributed by atoms with Crippen LogP contribution in [0, 0.1) is 5.92 Å². The third-order valence-corrected chi connectivity index (χ3v) is 7.66. The number of piperidine rings is 1. The monoisotopic (exact) mass is 419 g/mol. The molecular formula is C15H15Cl2N3O3S2. The quantitative estimate of drug-likeness (QED) is 0.822. The number of aromatic nitrogens is 1. The lowest BCUT2D eigenvalue weighted by Crippen LogP contribution is -2.43. The van der Waals surface area contributed by atoms with Crippen molar-refractivity contribution in [1.82, 2.24) is 9.29 Å². The fraction of sp³-hybridized carbons (Fsp3) is 0.333. The number of halogens is 2. The maximum atomic E-state index is 12.7. The molecule has 3 rings (SSSR count). The Hall–Kier alpha value is -1.19. The summed E-state index contributed by atoms with van der Waals surface area (Å²) in [6.07, 6.45) is 2.68. The number of hydrogen-bond acceptors (Lipinski definition) is 5. The van der Waals surface area contributed by atoms with Gasteiger partial charge in [-0.2, -0.15) is 4.31 Å². The normalized spacial score (nSPS) is 18.9. The van der Waals surface area contributed by atoms with E-state index in [2.05, 4.69) is 10.3 Å². The molecule has 0 aliphatic carbocycles. The summed E-state index contributed by atoms with van der Waals surface area (Å²) in [7, 11) is -3.63. The van der Waals surface area contributed by atoms with E-state index in [4.69, 9.17) is 23.2 Å². The highest BCUT2D eigenvalue weighted by Crippen LogP contribution is 2.30. The molecule has 1 atom stereocenters. The third-order valence-electron chi connectivity index (χ3n) is 3.88. The predicted molar refractivity (Wildman–Crippen MR) is 98.7 cm³/mol. The van der Waals surface area contributed by atoms with E-state index in [1.807, 2.05) is 0 Å². The van der Waals surface area contributed by atoms with E-state index < -0.39 is 15.9 Å². The molecule has 0 aromatic carbocycles. The van der Waals surface area contributed by atoms with Crippen LogP contribution in [0.25, 0.3) is 0 Å². The van der Waals surface area contributed by atoms with Gasteiger partial charge in [0.1, 0.15) is 10.0 Å². The zero-order valence-electron chi connectivity index (χ0n) is 13.0. The number of pyridine rings is 1. The topological polar surface area (TPSA) is 79.4 Å². The van der Waals surface area contributed by atoms with Crippen molar-refractivity contribution >= 4 is 56.3 Å². The second kappa shape index (κ2) is 7.59. The molecule has 0 radical (unpaired) electrons. The number of nitrogens with zero attached hydrogens (tertiary/aromatic N) is 2. The van der Waals surface area contributed by atoms with Gasteiger partial charge in [0.25, 0.3) is 10.0 Å². The van der Waals surface area contributed by atoms with Crippen LogP contribution < -0.4 is 5.32 Å². The molecule has 6 nitrogen and oxygen atoms in total. The number of anilines is 1. The van der Waals surface area contributed by atoms with Crippen LogP contribution in [0.15, 0.2) is 34.7 Å². The van der Waals surface area contributed by atoms with Crippen LogP contribution in [0.4, 0.5) is 5.82 Å². The largest absolute Gasteiger partial charge is 0.310 e. The number of sulfonamides is 1. The molecule has 1 N–H and O–H groups in total. The summed E-state index contributed by atoms with van der Waals surface area (Å²) >= 11 is 12.6. The van der Waals surface area contributed by atoms with Crippen LogP contribution >= 0.6 is 34.5 Å². The van der Waals surface area contributed by atoms with Crippen LogP contribution in [-0.2, 0) is 14.8 Å². The Morgan fingerprint density at radius 3 is 2.72 bits per heavy atom. The Bertz CT molecular complexity index is 868. The molecule has 0 bridgehead atoms. The lowest BCUT2D eigenvalue weighted by Gasteiger charge is -2.30. The van der Waals surface area contributed by atoms with Crippen LogP contribution in [0.1, 0.15) is 12.8 Å². The van der Waals surface area contributed by atoms with Crippen molar-refractivity contribution in [2.75, 3.05) is 18.4 Å². The SMILES string of the molecule is O=C(Nc1ccc(Cl)cn1)[C@@H]1CCCN(S(=O)(=O)c2ccc(Cl)s2)C1. The molecule has 134 valence electrons. The number of amides is 1. The van der Waals surface area contributed by atoms with E-state index in [-0.39, 0.29) is 16.7 Å². The van der Waals surface area contributed by atoms with Crippen molar-refractivity contribution < 1.29 is 13.2 Å². The Morgan fingerprint density at radius 1 is 1.28 bits per heavy atom. The molecule has 3 heterocycles. The van der Waals surface area contributed by atoms with Crippen molar-refractivity contribution in [2.45, 2.75) is 17.1 Å². The van der Waals surface area contributed by atoms with Gasteiger partial charge in [-0.05, 0) is 37.1 Å². The van der Waals surface area contributed by atoms with Gasteiger partial charge in [0, 0.05) is 19.3 Å². The second-order valence-corrected chi connectivity index (χ2v) is 9.93.